The lowest BCUT2D eigenvalue weighted by molar-refractivity contribution is -0.136. The number of urea groups is 1. The third-order valence-electron chi connectivity index (χ3n) is 7.54. The van der Waals surface area contributed by atoms with Gasteiger partial charge in [0.2, 0.25) is 0 Å². The molecule has 2 amide bonds. The Labute approximate surface area is 277 Å². The molecule has 0 saturated heterocycles. The maximum Gasteiger partial charge on any atom is 0.337 e. The number of carbonyl (C=O) groups is 2. The van der Waals surface area contributed by atoms with Crippen molar-refractivity contribution in [3.05, 3.63) is 112 Å². The minimum absolute atomic E-state index is 0.183. The van der Waals surface area contributed by atoms with Gasteiger partial charge in [-0.15, -0.1) is 0 Å². The Kier molecular flexibility index (Phi) is 10.7. The summed E-state index contributed by atoms with van der Waals surface area (Å²) in [5, 5.41) is 31.6. The first-order valence-corrected chi connectivity index (χ1v) is 15.2. The molecule has 48 heavy (non-hydrogen) atoms. The zero-order valence-electron chi connectivity index (χ0n) is 26.7. The molecule has 0 spiro atoms. The van der Waals surface area contributed by atoms with E-state index in [1.807, 2.05) is 55.5 Å². The summed E-state index contributed by atoms with van der Waals surface area (Å²) >= 11 is 0. The lowest BCUT2D eigenvalue weighted by Crippen LogP contribution is -2.45. The van der Waals surface area contributed by atoms with E-state index in [0.717, 1.165) is 16.3 Å². The molecule has 12 heteroatoms. The van der Waals surface area contributed by atoms with Crippen molar-refractivity contribution in [3.8, 4) is 23.3 Å². The fourth-order valence-corrected chi connectivity index (χ4v) is 5.26. The number of ether oxygens (including phenoxy) is 4. The number of aliphatic hydroxyl groups is 1. The Morgan fingerprint density at radius 1 is 1.04 bits per heavy atom. The predicted molar refractivity (Wildman–Crippen MR) is 178 cm³/mol. The number of allylic oxidation sites excluding steroid dienone is 1. The minimum Gasteiger partial charge on any atom is -0.490 e. The van der Waals surface area contributed by atoms with Gasteiger partial charge in [-0.2, -0.15) is 10.4 Å². The third-order valence-corrected chi connectivity index (χ3v) is 7.54. The molecule has 0 aromatic heterocycles. The highest BCUT2D eigenvalue weighted by molar-refractivity contribution is 6.02. The van der Waals surface area contributed by atoms with Gasteiger partial charge >= 0.3 is 12.0 Å². The van der Waals surface area contributed by atoms with Crippen LogP contribution in [0.2, 0.25) is 0 Å². The van der Waals surface area contributed by atoms with Gasteiger partial charge < -0.3 is 34.7 Å². The number of methoxy groups -OCH3 is 1. The number of nitriles is 1. The van der Waals surface area contributed by atoms with E-state index in [2.05, 4.69) is 27.2 Å². The van der Waals surface area contributed by atoms with Gasteiger partial charge in [-0.05, 0) is 54.4 Å². The van der Waals surface area contributed by atoms with Crippen molar-refractivity contribution in [2.75, 3.05) is 20.3 Å². The molecule has 4 N–H and O–H groups in total. The highest BCUT2D eigenvalue weighted by atomic mass is 16.5. The van der Waals surface area contributed by atoms with Crippen LogP contribution in [-0.4, -0.2) is 49.9 Å². The lowest BCUT2D eigenvalue weighted by atomic mass is 9.95. The van der Waals surface area contributed by atoms with E-state index >= 15 is 0 Å². The normalized spacial score (nSPS) is 14.9. The fourth-order valence-electron chi connectivity index (χ4n) is 5.26. The highest BCUT2D eigenvalue weighted by Crippen LogP contribution is 2.35. The van der Waals surface area contributed by atoms with Gasteiger partial charge in [0.1, 0.15) is 19.0 Å². The number of carbonyl (C=O) groups excluding carboxylic acids is 2. The van der Waals surface area contributed by atoms with Gasteiger partial charge in [-0.25, -0.2) is 9.59 Å². The first-order valence-electron chi connectivity index (χ1n) is 15.2. The Morgan fingerprint density at radius 3 is 2.60 bits per heavy atom. The van der Waals surface area contributed by atoms with E-state index < -0.39 is 24.3 Å². The summed E-state index contributed by atoms with van der Waals surface area (Å²) in [7, 11) is 1.27. The van der Waals surface area contributed by atoms with Crippen LogP contribution in [0.5, 0.6) is 17.2 Å². The molecule has 0 aliphatic carbocycles. The number of aliphatic hydroxyl groups excluding tert-OH is 1. The van der Waals surface area contributed by atoms with E-state index in [4.69, 9.17) is 18.9 Å². The van der Waals surface area contributed by atoms with Crippen LogP contribution in [-0.2, 0) is 16.1 Å². The van der Waals surface area contributed by atoms with Gasteiger partial charge in [0.15, 0.2) is 17.7 Å². The number of esters is 1. The molecule has 0 bridgehead atoms. The summed E-state index contributed by atoms with van der Waals surface area (Å²) in [6, 6.07) is 24.8. The Balaban J connectivity index is 1.29. The van der Waals surface area contributed by atoms with Gasteiger partial charge in [0, 0.05) is 16.8 Å². The number of nitrogens with zero attached hydrogens (tertiary/aromatic N) is 2. The van der Waals surface area contributed by atoms with Crippen LogP contribution < -0.4 is 30.3 Å². The Bertz CT molecular complexity index is 1920. The molecule has 1 aliphatic heterocycles. The zero-order valence-corrected chi connectivity index (χ0v) is 26.7. The van der Waals surface area contributed by atoms with E-state index in [9.17, 15) is 20.0 Å². The van der Waals surface area contributed by atoms with E-state index in [-0.39, 0.29) is 18.8 Å². The van der Waals surface area contributed by atoms with Crippen LogP contribution >= 0.6 is 0 Å². The second kappa shape index (κ2) is 15.5. The first kappa shape index (κ1) is 33.3. The summed E-state index contributed by atoms with van der Waals surface area (Å²) in [5.41, 5.74) is 5.90. The lowest BCUT2D eigenvalue weighted by Gasteiger charge is -2.28. The standard InChI is InChI=1S/C36H35N5O7/c1-4-46-31-17-24(34-33(35(43)45-3)22(2)39-36(44)40-34)14-16-30(31)48-21-32(42)41-38-19-28-27-12-8-7-9-23(27)13-15-29(28)47-20-26-11-6-5-10-25(26)18-37/h5-17,19,32,34,41-42H,4,20-21H2,1-3H3,(H2,39,40,44)/b38-19+/t32-,34+/m1/s1. The monoisotopic (exact) mass is 649 g/mol. The molecule has 1 heterocycles. The average Bonchev–Trinajstić information content (AvgIpc) is 3.10. The highest BCUT2D eigenvalue weighted by Gasteiger charge is 2.32. The van der Waals surface area contributed by atoms with Crippen LogP contribution in [0.1, 0.15) is 42.1 Å². The summed E-state index contributed by atoms with van der Waals surface area (Å²) in [6.07, 6.45) is 0.372. The largest absolute Gasteiger partial charge is 0.490 e. The van der Waals surface area contributed by atoms with E-state index in [1.165, 1.54) is 7.11 Å². The Hall–Kier alpha value is -6.06. The second-order valence-corrected chi connectivity index (χ2v) is 10.7. The molecule has 4 aromatic rings. The molecule has 1 aliphatic rings. The topological polar surface area (TPSA) is 164 Å². The summed E-state index contributed by atoms with van der Waals surface area (Å²) in [4.78, 5) is 24.7. The summed E-state index contributed by atoms with van der Waals surface area (Å²) < 4.78 is 22.7. The number of hydrogen-bond donors (Lipinski definition) is 4. The van der Waals surface area contributed by atoms with Gasteiger partial charge in [-0.1, -0.05) is 54.6 Å². The number of benzene rings is 4. The van der Waals surface area contributed by atoms with Crippen LogP contribution in [0.3, 0.4) is 0 Å². The molecular formula is C36H35N5O7. The molecule has 0 radical (unpaired) electrons. The Morgan fingerprint density at radius 2 is 1.81 bits per heavy atom. The molecule has 5 rings (SSSR count). The van der Waals surface area contributed by atoms with Crippen molar-refractivity contribution in [3.63, 3.8) is 0 Å². The molecule has 246 valence electrons. The van der Waals surface area contributed by atoms with Gasteiger partial charge in [-0.3, -0.25) is 5.43 Å². The van der Waals surface area contributed by atoms with E-state index in [1.54, 1.807) is 43.5 Å². The van der Waals surface area contributed by atoms with Crippen LogP contribution in [0.25, 0.3) is 10.8 Å². The molecule has 12 nitrogen and oxygen atoms in total. The minimum atomic E-state index is -1.20. The quantitative estimate of drug-likeness (QED) is 0.0689. The molecule has 2 atom stereocenters. The smallest absolute Gasteiger partial charge is 0.337 e. The maximum absolute atomic E-state index is 12.5. The summed E-state index contributed by atoms with van der Waals surface area (Å²) in [5.74, 6) is 0.679. The molecular weight excluding hydrogens is 614 g/mol. The number of nitrogens with one attached hydrogen (secondary N) is 3. The van der Waals surface area contributed by atoms with Crippen molar-refractivity contribution in [1.82, 2.24) is 16.1 Å². The number of amides is 2. The molecule has 0 unspecified atom stereocenters. The zero-order chi connectivity index (χ0) is 34.0. The fraction of sp³-hybridized carbons (Fsp3) is 0.222. The van der Waals surface area contributed by atoms with Crippen LogP contribution in [0.4, 0.5) is 4.79 Å². The molecule has 4 aromatic carbocycles. The molecule has 0 fully saturated rings. The SMILES string of the molecule is CCOc1cc([C@@H]2NC(=O)NC(C)=C2C(=O)OC)ccc1OC[C@@H](O)N/N=C/c1c(OCc2ccccc2C#N)ccc2ccccc12. The number of hydrazone groups is 1. The van der Waals surface area contributed by atoms with Crippen molar-refractivity contribution in [2.45, 2.75) is 32.7 Å². The van der Waals surface area contributed by atoms with Crippen molar-refractivity contribution >= 4 is 29.0 Å². The first-order chi connectivity index (χ1) is 23.3. The van der Waals surface area contributed by atoms with Crippen molar-refractivity contribution < 1.29 is 33.6 Å². The third kappa shape index (κ3) is 7.66. The second-order valence-electron chi connectivity index (χ2n) is 10.7. The van der Waals surface area contributed by atoms with Crippen LogP contribution in [0.15, 0.2) is 95.2 Å². The average molecular weight is 650 g/mol. The molecule has 0 saturated carbocycles. The van der Waals surface area contributed by atoms with Gasteiger partial charge in [0.25, 0.3) is 0 Å². The number of fused-ring (bicyclic) bond motifs is 1. The van der Waals surface area contributed by atoms with E-state index in [0.29, 0.717) is 46.2 Å². The summed E-state index contributed by atoms with van der Waals surface area (Å²) in [6.45, 7) is 3.76. The number of hydrogen-bond acceptors (Lipinski definition) is 10. The van der Waals surface area contributed by atoms with Crippen molar-refractivity contribution in [1.29, 1.82) is 5.26 Å². The van der Waals surface area contributed by atoms with Crippen LogP contribution in [0, 0.1) is 11.3 Å². The van der Waals surface area contributed by atoms with Gasteiger partial charge in [0.05, 0.1) is 43.2 Å². The van der Waals surface area contributed by atoms with Crippen molar-refractivity contribution in [2.24, 2.45) is 5.10 Å². The predicted octanol–water partition coefficient (Wildman–Crippen LogP) is 4.81. The number of rotatable bonds is 13. The maximum atomic E-state index is 12.5.